The largest absolute Gasteiger partial charge is 0.490 e. The van der Waals surface area contributed by atoms with E-state index < -0.39 is 39.2 Å². The number of aliphatic hydroxyl groups excluding tert-OH is 1. The summed E-state index contributed by atoms with van der Waals surface area (Å²) in [5.74, 6) is -0.417. The molecular formula is C32H37N3O9S. The minimum absolute atomic E-state index is 0.0533. The van der Waals surface area contributed by atoms with E-state index in [0.29, 0.717) is 30.6 Å². The number of aliphatic hydroxyl groups is 1. The van der Waals surface area contributed by atoms with Gasteiger partial charge in [0.25, 0.3) is 11.6 Å². The van der Waals surface area contributed by atoms with Crippen LogP contribution in [0.25, 0.3) is 11.1 Å². The first-order valence-corrected chi connectivity index (χ1v) is 16.6. The zero-order chi connectivity index (χ0) is 32.6. The number of hydrogen-bond donors (Lipinski definition) is 3. The summed E-state index contributed by atoms with van der Waals surface area (Å²) in [6, 6.07) is 18.2. The highest BCUT2D eigenvalue weighted by Crippen LogP contribution is 2.32. The predicted molar refractivity (Wildman–Crippen MR) is 167 cm³/mol. The van der Waals surface area contributed by atoms with Crippen LogP contribution in [0.1, 0.15) is 72.5 Å². The zero-order valence-electron chi connectivity index (χ0n) is 24.9. The van der Waals surface area contributed by atoms with Crippen LogP contribution in [0.2, 0.25) is 0 Å². The van der Waals surface area contributed by atoms with E-state index in [1.165, 1.54) is 24.3 Å². The van der Waals surface area contributed by atoms with Crippen LogP contribution in [0.4, 0.5) is 10.5 Å². The van der Waals surface area contributed by atoms with Crippen molar-refractivity contribution in [1.82, 2.24) is 4.72 Å². The second-order valence-electron chi connectivity index (χ2n) is 11.2. The van der Waals surface area contributed by atoms with Gasteiger partial charge in [-0.25, -0.2) is 17.9 Å². The Kier molecular flexibility index (Phi) is 11.1. The van der Waals surface area contributed by atoms with E-state index in [1.54, 1.807) is 18.2 Å². The van der Waals surface area contributed by atoms with E-state index in [-0.39, 0.29) is 17.4 Å². The minimum Gasteiger partial charge on any atom is -0.490 e. The predicted octanol–water partition coefficient (Wildman–Crippen LogP) is 5.18. The molecule has 13 heteroatoms. The molecule has 0 spiro atoms. The third-order valence-corrected chi connectivity index (χ3v) is 8.21. The number of primary amides is 1. The van der Waals surface area contributed by atoms with Crippen LogP contribution >= 0.6 is 0 Å². The van der Waals surface area contributed by atoms with Gasteiger partial charge >= 0.3 is 6.09 Å². The molecule has 0 bridgehead atoms. The molecule has 45 heavy (non-hydrogen) atoms. The molecule has 12 nitrogen and oxygen atoms in total. The third kappa shape index (κ3) is 9.75. The number of ether oxygens (including phenoxy) is 2. The number of nitrogens with two attached hydrogens (primary N) is 1. The van der Waals surface area contributed by atoms with Gasteiger partial charge in [0, 0.05) is 12.1 Å². The fourth-order valence-electron chi connectivity index (χ4n) is 5.38. The number of non-ortho nitro benzene ring substituents is 1. The van der Waals surface area contributed by atoms with Crippen LogP contribution in [0, 0.1) is 10.1 Å². The van der Waals surface area contributed by atoms with E-state index in [0.717, 1.165) is 55.1 Å². The molecule has 2 amide bonds. The molecule has 1 aliphatic rings. The highest BCUT2D eigenvalue weighted by atomic mass is 32.2. The van der Waals surface area contributed by atoms with Crippen molar-refractivity contribution < 1.29 is 37.5 Å². The number of nitrogens with one attached hydrogen (secondary N) is 1. The number of nitro benzene ring substituents is 1. The summed E-state index contributed by atoms with van der Waals surface area (Å²) in [7, 11) is -3.75. The van der Waals surface area contributed by atoms with Gasteiger partial charge in [0.1, 0.15) is 18.0 Å². The number of carbonyl (C=O) groups excluding carboxylic acids is 2. The molecule has 3 aromatic rings. The Bertz CT molecular complexity index is 1600. The van der Waals surface area contributed by atoms with E-state index in [9.17, 15) is 33.2 Å². The number of nitrogens with zero attached hydrogens (tertiary/aromatic N) is 1. The first-order valence-electron chi connectivity index (χ1n) is 14.7. The van der Waals surface area contributed by atoms with Crippen LogP contribution in [-0.4, -0.2) is 48.9 Å². The van der Waals surface area contributed by atoms with Crippen molar-refractivity contribution >= 4 is 27.7 Å². The Balaban J connectivity index is 1.44. The molecule has 4 N–H and O–H groups in total. The maximum absolute atomic E-state index is 12.7. The maximum atomic E-state index is 12.7. The number of hydrogen-bond acceptors (Lipinski definition) is 9. The number of rotatable bonds is 13. The van der Waals surface area contributed by atoms with Crippen molar-refractivity contribution in [1.29, 1.82) is 0 Å². The smallest absolute Gasteiger partial charge is 0.404 e. The Morgan fingerprint density at radius 3 is 2.27 bits per heavy atom. The van der Waals surface area contributed by atoms with Crippen molar-refractivity contribution in [2.75, 3.05) is 6.26 Å². The van der Waals surface area contributed by atoms with Crippen molar-refractivity contribution in [3.63, 3.8) is 0 Å². The second kappa shape index (κ2) is 15.0. The Hall–Kier alpha value is -4.49. The van der Waals surface area contributed by atoms with E-state index >= 15 is 0 Å². The Labute approximate surface area is 261 Å². The fraction of sp³-hybridized carbons (Fsp3) is 0.375. The molecule has 0 radical (unpaired) electrons. The molecule has 240 valence electrons. The third-order valence-electron chi connectivity index (χ3n) is 7.66. The molecule has 0 saturated heterocycles. The molecule has 0 aliphatic heterocycles. The van der Waals surface area contributed by atoms with Crippen LogP contribution in [-0.2, 0) is 21.2 Å². The van der Waals surface area contributed by atoms with E-state index in [2.05, 4.69) is 0 Å². The number of carbonyl (C=O) groups is 2. The van der Waals surface area contributed by atoms with Gasteiger partial charge in [-0.05, 0) is 91.5 Å². The van der Waals surface area contributed by atoms with Crippen LogP contribution in [0.3, 0.4) is 0 Å². The summed E-state index contributed by atoms with van der Waals surface area (Å²) in [4.78, 5) is 34.6. The lowest BCUT2D eigenvalue weighted by atomic mass is 9.96. The first kappa shape index (κ1) is 33.4. The van der Waals surface area contributed by atoms with E-state index in [4.69, 9.17) is 15.2 Å². The molecule has 1 unspecified atom stereocenters. The van der Waals surface area contributed by atoms with Gasteiger partial charge in [-0.15, -0.1) is 0 Å². The molecule has 0 heterocycles. The molecule has 2 atom stereocenters. The van der Waals surface area contributed by atoms with Crippen LogP contribution in [0.15, 0.2) is 66.7 Å². The summed E-state index contributed by atoms with van der Waals surface area (Å²) in [5.41, 5.74) is 8.27. The quantitative estimate of drug-likeness (QED) is 0.167. The van der Waals surface area contributed by atoms with Gasteiger partial charge < -0.3 is 20.3 Å². The monoisotopic (exact) mass is 639 g/mol. The van der Waals surface area contributed by atoms with Crippen molar-refractivity contribution in [2.24, 2.45) is 5.73 Å². The molecular weight excluding hydrogens is 602 g/mol. The average Bonchev–Trinajstić information content (AvgIpc) is 3.00. The van der Waals surface area contributed by atoms with E-state index in [1.807, 2.05) is 29.0 Å². The van der Waals surface area contributed by atoms with Gasteiger partial charge in [0.05, 0.1) is 22.8 Å². The lowest BCUT2D eigenvalue weighted by Crippen LogP contribution is -2.30. The molecule has 4 rings (SSSR count). The number of amides is 2. The first-order chi connectivity index (χ1) is 21.4. The van der Waals surface area contributed by atoms with Gasteiger partial charge in [-0.1, -0.05) is 36.8 Å². The van der Waals surface area contributed by atoms with Gasteiger partial charge in [-0.2, -0.15) is 0 Å². The van der Waals surface area contributed by atoms with Gasteiger partial charge in [0.2, 0.25) is 10.0 Å². The second-order valence-corrected chi connectivity index (χ2v) is 12.9. The number of sulfonamides is 1. The molecule has 1 fully saturated rings. The summed E-state index contributed by atoms with van der Waals surface area (Å²) in [6.07, 6.45) is 4.05. The lowest BCUT2D eigenvalue weighted by Gasteiger charge is -2.24. The zero-order valence-corrected chi connectivity index (χ0v) is 25.7. The molecule has 1 saturated carbocycles. The van der Waals surface area contributed by atoms with Crippen molar-refractivity contribution in [3.05, 3.63) is 93.5 Å². The Morgan fingerprint density at radius 2 is 1.67 bits per heavy atom. The maximum Gasteiger partial charge on any atom is 0.404 e. The van der Waals surface area contributed by atoms with Gasteiger partial charge in [-0.3, -0.25) is 14.9 Å². The highest BCUT2D eigenvalue weighted by molar-refractivity contribution is 7.89. The number of nitro groups is 1. The number of aryl methyl sites for hydroxylation is 1. The van der Waals surface area contributed by atoms with Crippen molar-refractivity contribution in [2.45, 2.75) is 69.7 Å². The average molecular weight is 640 g/mol. The van der Waals surface area contributed by atoms with Crippen molar-refractivity contribution in [3.8, 4) is 16.9 Å². The number of benzene rings is 3. The summed E-state index contributed by atoms with van der Waals surface area (Å²) in [6.45, 7) is 0. The fourth-order valence-corrected chi connectivity index (χ4v) is 5.83. The molecule has 3 aromatic carbocycles. The van der Waals surface area contributed by atoms with Crippen LogP contribution < -0.4 is 15.2 Å². The summed E-state index contributed by atoms with van der Waals surface area (Å²) >= 11 is 0. The highest BCUT2D eigenvalue weighted by Gasteiger charge is 2.25. The molecule has 0 aromatic heterocycles. The Morgan fingerprint density at radius 1 is 1.02 bits per heavy atom. The SMILES string of the molecule is CS(=O)(=O)NC(=O)c1ccc(-c2ccc(CCCC(OC(N)=O)[C@H](O)c3ccc([N+](=O)[O-])cc3)cc2)cc1OC1CCCCC1. The summed E-state index contributed by atoms with van der Waals surface area (Å²) < 4.78 is 36.8. The normalized spacial score (nSPS) is 15.1. The topological polar surface area (TPSA) is 188 Å². The lowest BCUT2D eigenvalue weighted by molar-refractivity contribution is -0.384. The minimum atomic E-state index is -3.75. The summed E-state index contributed by atoms with van der Waals surface area (Å²) in [5, 5.41) is 21.7. The van der Waals surface area contributed by atoms with Gasteiger partial charge in [0.15, 0.2) is 0 Å². The van der Waals surface area contributed by atoms with Crippen LogP contribution in [0.5, 0.6) is 5.75 Å². The molecule has 1 aliphatic carbocycles. The standard InChI is InChI=1S/C32H37N3O9S/c1-45(41,42)34-31(37)27-19-16-24(20-29(27)43-26-7-3-2-4-8-26)22-12-10-21(11-13-22)6-5-9-28(44-32(33)38)30(36)23-14-17-25(18-15-23)35(39)40/h10-20,26,28,30,36H,2-9H2,1H3,(H2,33,38)(H,34,37)/t28?,30-/m1/s1.